The van der Waals surface area contributed by atoms with Gasteiger partial charge in [-0.1, -0.05) is 19.9 Å². The molecule has 0 bridgehead atoms. The normalized spacial score (nSPS) is 10.8. The third-order valence-corrected chi connectivity index (χ3v) is 2.61. The maximum Gasteiger partial charge on any atom is 0.139 e. The Morgan fingerprint density at radius 2 is 1.92 bits per heavy atom. The molecule has 0 unspecified atom stereocenters. The smallest absolute Gasteiger partial charge is 0.139 e. The van der Waals surface area contributed by atoms with E-state index in [-0.39, 0.29) is 11.7 Å². The van der Waals surface area contributed by atoms with Crippen molar-refractivity contribution in [1.29, 1.82) is 0 Å². The topological polar surface area (TPSA) is 0 Å². The van der Waals surface area contributed by atoms with Gasteiger partial charge in [-0.05, 0) is 52.6 Å². The Kier molecular flexibility index (Phi) is 3.09. The van der Waals surface area contributed by atoms with Gasteiger partial charge in [-0.2, -0.15) is 0 Å². The van der Waals surface area contributed by atoms with Gasteiger partial charge in [0.25, 0.3) is 0 Å². The molecule has 0 aliphatic rings. The quantitative estimate of drug-likeness (QED) is 0.684. The SMILES string of the molecule is Cc1cc(I)c(F)c(C(C)C)c1. The van der Waals surface area contributed by atoms with Crippen LogP contribution < -0.4 is 0 Å². The molecule has 0 radical (unpaired) electrons. The summed E-state index contributed by atoms with van der Waals surface area (Å²) in [7, 11) is 0. The van der Waals surface area contributed by atoms with Gasteiger partial charge in [0.2, 0.25) is 0 Å². The standard InChI is InChI=1S/C10H12FI/c1-6(2)8-4-7(3)5-9(12)10(8)11/h4-6H,1-3H3. The van der Waals surface area contributed by atoms with E-state index in [1.165, 1.54) is 0 Å². The van der Waals surface area contributed by atoms with Crippen LogP contribution in [0.25, 0.3) is 0 Å². The minimum Gasteiger partial charge on any atom is -0.206 e. The molecule has 1 aromatic carbocycles. The Labute approximate surface area is 86.3 Å². The monoisotopic (exact) mass is 278 g/mol. The molecule has 1 rings (SSSR count). The van der Waals surface area contributed by atoms with E-state index in [1.807, 2.05) is 55.5 Å². The second-order valence-corrected chi connectivity index (χ2v) is 4.47. The summed E-state index contributed by atoms with van der Waals surface area (Å²) in [5.74, 6) is 0.203. The van der Waals surface area contributed by atoms with Gasteiger partial charge in [0.15, 0.2) is 0 Å². The molecule has 0 amide bonds. The highest BCUT2D eigenvalue weighted by Crippen LogP contribution is 2.23. The van der Waals surface area contributed by atoms with E-state index in [0.29, 0.717) is 0 Å². The zero-order chi connectivity index (χ0) is 9.30. The van der Waals surface area contributed by atoms with Crippen molar-refractivity contribution in [3.05, 3.63) is 32.6 Å². The van der Waals surface area contributed by atoms with Crippen LogP contribution in [0, 0.1) is 16.3 Å². The summed E-state index contributed by atoms with van der Waals surface area (Å²) >= 11 is 2.03. The van der Waals surface area contributed by atoms with Gasteiger partial charge in [0.1, 0.15) is 5.82 Å². The first kappa shape index (κ1) is 9.96. The molecule has 12 heavy (non-hydrogen) atoms. The summed E-state index contributed by atoms with van der Waals surface area (Å²) in [6, 6.07) is 3.78. The zero-order valence-electron chi connectivity index (χ0n) is 7.49. The summed E-state index contributed by atoms with van der Waals surface area (Å²) in [6.45, 7) is 6.01. The Bertz CT molecular complexity index is 292. The van der Waals surface area contributed by atoms with E-state index < -0.39 is 0 Å². The lowest BCUT2D eigenvalue weighted by Crippen LogP contribution is -1.96. The predicted molar refractivity (Wildman–Crippen MR) is 57.9 cm³/mol. The summed E-state index contributed by atoms with van der Waals surface area (Å²) in [6.07, 6.45) is 0. The number of hydrogen-bond donors (Lipinski definition) is 0. The van der Waals surface area contributed by atoms with Crippen LogP contribution in [0.4, 0.5) is 4.39 Å². The summed E-state index contributed by atoms with van der Waals surface area (Å²) in [4.78, 5) is 0. The van der Waals surface area contributed by atoms with Gasteiger partial charge in [0, 0.05) is 3.57 Å². The largest absolute Gasteiger partial charge is 0.206 e. The Hall–Kier alpha value is -0.120. The van der Waals surface area contributed by atoms with E-state index in [2.05, 4.69) is 0 Å². The average Bonchev–Trinajstić information content (AvgIpc) is 1.96. The van der Waals surface area contributed by atoms with Crippen molar-refractivity contribution in [2.24, 2.45) is 0 Å². The van der Waals surface area contributed by atoms with Crippen molar-refractivity contribution < 1.29 is 4.39 Å². The van der Waals surface area contributed by atoms with Crippen LogP contribution in [0.15, 0.2) is 12.1 Å². The van der Waals surface area contributed by atoms with Crippen LogP contribution >= 0.6 is 22.6 Å². The lowest BCUT2D eigenvalue weighted by Gasteiger charge is -2.09. The highest BCUT2D eigenvalue weighted by molar-refractivity contribution is 14.1. The molecule has 0 fully saturated rings. The highest BCUT2D eigenvalue weighted by Gasteiger charge is 2.09. The van der Waals surface area contributed by atoms with Crippen LogP contribution in [0.3, 0.4) is 0 Å². The predicted octanol–water partition coefficient (Wildman–Crippen LogP) is 3.86. The first-order valence-corrected chi connectivity index (χ1v) is 5.05. The molecular formula is C10H12FI. The van der Waals surface area contributed by atoms with E-state index in [0.717, 1.165) is 14.7 Å². The molecular weight excluding hydrogens is 266 g/mol. The molecule has 2 heteroatoms. The third-order valence-electron chi connectivity index (χ3n) is 1.82. The minimum absolute atomic E-state index is 0.0591. The fourth-order valence-electron chi connectivity index (χ4n) is 1.17. The Balaban J connectivity index is 3.28. The number of rotatable bonds is 1. The molecule has 0 atom stereocenters. The van der Waals surface area contributed by atoms with Crippen LogP contribution in [0.5, 0.6) is 0 Å². The van der Waals surface area contributed by atoms with Gasteiger partial charge < -0.3 is 0 Å². The fraction of sp³-hybridized carbons (Fsp3) is 0.400. The molecule has 0 heterocycles. The van der Waals surface area contributed by atoms with Crippen molar-refractivity contribution in [2.45, 2.75) is 26.7 Å². The van der Waals surface area contributed by atoms with Crippen LogP contribution in [0.2, 0.25) is 0 Å². The van der Waals surface area contributed by atoms with E-state index in [1.54, 1.807) is 0 Å². The van der Waals surface area contributed by atoms with Crippen molar-refractivity contribution in [3.63, 3.8) is 0 Å². The molecule has 0 spiro atoms. The Morgan fingerprint density at radius 1 is 1.33 bits per heavy atom. The summed E-state index contributed by atoms with van der Waals surface area (Å²) in [5, 5.41) is 0. The molecule has 0 nitrogen and oxygen atoms in total. The third kappa shape index (κ3) is 1.97. The second kappa shape index (κ2) is 3.73. The van der Waals surface area contributed by atoms with E-state index in [4.69, 9.17) is 0 Å². The Morgan fingerprint density at radius 3 is 2.42 bits per heavy atom. The van der Waals surface area contributed by atoms with Crippen LogP contribution in [-0.4, -0.2) is 0 Å². The molecule has 0 saturated heterocycles. The van der Waals surface area contributed by atoms with Gasteiger partial charge in [-0.3, -0.25) is 0 Å². The first-order valence-electron chi connectivity index (χ1n) is 3.98. The van der Waals surface area contributed by atoms with E-state index >= 15 is 0 Å². The molecule has 0 aliphatic carbocycles. The molecule has 0 saturated carbocycles. The van der Waals surface area contributed by atoms with Gasteiger partial charge >= 0.3 is 0 Å². The number of hydrogen-bond acceptors (Lipinski definition) is 0. The number of halogens is 2. The summed E-state index contributed by atoms with van der Waals surface area (Å²) < 4.78 is 14.1. The van der Waals surface area contributed by atoms with Crippen molar-refractivity contribution >= 4 is 22.6 Å². The lowest BCUT2D eigenvalue weighted by molar-refractivity contribution is 0.590. The lowest BCUT2D eigenvalue weighted by atomic mass is 10.0. The van der Waals surface area contributed by atoms with Crippen molar-refractivity contribution in [3.8, 4) is 0 Å². The number of benzene rings is 1. The molecule has 66 valence electrons. The van der Waals surface area contributed by atoms with Gasteiger partial charge in [-0.15, -0.1) is 0 Å². The van der Waals surface area contributed by atoms with E-state index in [9.17, 15) is 4.39 Å². The summed E-state index contributed by atoms with van der Waals surface area (Å²) in [5.41, 5.74) is 1.95. The zero-order valence-corrected chi connectivity index (χ0v) is 9.65. The van der Waals surface area contributed by atoms with Crippen molar-refractivity contribution in [2.75, 3.05) is 0 Å². The van der Waals surface area contributed by atoms with Crippen LogP contribution in [0.1, 0.15) is 30.9 Å². The van der Waals surface area contributed by atoms with Crippen molar-refractivity contribution in [1.82, 2.24) is 0 Å². The van der Waals surface area contributed by atoms with Crippen LogP contribution in [-0.2, 0) is 0 Å². The fourth-order valence-corrected chi connectivity index (χ4v) is 1.97. The molecule has 0 aliphatic heterocycles. The second-order valence-electron chi connectivity index (χ2n) is 3.30. The maximum absolute atomic E-state index is 13.4. The van der Waals surface area contributed by atoms with Gasteiger partial charge in [-0.25, -0.2) is 4.39 Å². The molecule has 1 aromatic rings. The molecule has 0 N–H and O–H groups in total. The van der Waals surface area contributed by atoms with Gasteiger partial charge in [0.05, 0.1) is 0 Å². The number of aryl methyl sites for hydroxylation is 1. The molecule has 0 aromatic heterocycles. The first-order chi connectivity index (χ1) is 5.52. The maximum atomic E-state index is 13.4. The highest BCUT2D eigenvalue weighted by atomic mass is 127. The average molecular weight is 278 g/mol. The minimum atomic E-state index is -0.0591.